The maximum absolute atomic E-state index is 12.1. The van der Waals surface area contributed by atoms with E-state index in [0.29, 0.717) is 0 Å². The van der Waals surface area contributed by atoms with Crippen molar-refractivity contribution in [1.29, 1.82) is 0 Å². The van der Waals surface area contributed by atoms with Crippen molar-refractivity contribution in [3.05, 3.63) is 71.8 Å². The smallest absolute Gasteiger partial charge is 0.407 e. The molecule has 0 radical (unpaired) electrons. The molecule has 132 valence electrons. The number of rotatable bonds is 7. The molecule has 0 aliphatic rings. The van der Waals surface area contributed by atoms with Gasteiger partial charge in [-0.3, -0.25) is 0 Å². The van der Waals surface area contributed by atoms with E-state index in [1.54, 1.807) is 12.1 Å². The molecule has 0 aliphatic heterocycles. The molecule has 2 rings (SSSR count). The zero-order valence-corrected chi connectivity index (χ0v) is 13.9. The van der Waals surface area contributed by atoms with Gasteiger partial charge in [-0.25, -0.2) is 9.59 Å². The second kappa shape index (κ2) is 9.44. The Kier molecular flexibility index (Phi) is 6.98. The molecule has 1 amide bonds. The van der Waals surface area contributed by atoms with Gasteiger partial charge in [0.05, 0.1) is 13.2 Å². The van der Waals surface area contributed by atoms with Crippen LogP contribution in [-0.2, 0) is 20.9 Å². The number of carbonyl (C=O) groups excluding carboxylic acids is 2. The molecule has 0 saturated heterocycles. The van der Waals surface area contributed by atoms with E-state index in [4.69, 9.17) is 4.74 Å². The van der Waals surface area contributed by atoms with Crippen LogP contribution in [0.5, 0.6) is 0 Å². The van der Waals surface area contributed by atoms with E-state index in [1.165, 1.54) is 7.11 Å². The first kappa shape index (κ1) is 18.5. The first-order valence-corrected chi connectivity index (χ1v) is 7.88. The fourth-order valence-electron chi connectivity index (χ4n) is 2.33. The van der Waals surface area contributed by atoms with Crippen LogP contribution < -0.4 is 5.32 Å². The Morgan fingerprint density at radius 1 is 1.04 bits per heavy atom. The van der Waals surface area contributed by atoms with Crippen molar-refractivity contribution in [2.45, 2.75) is 25.2 Å². The third-order valence-corrected chi connectivity index (χ3v) is 3.64. The molecule has 2 atom stereocenters. The molecule has 2 N–H and O–H groups in total. The third-order valence-electron chi connectivity index (χ3n) is 3.64. The number of methoxy groups -OCH3 is 1. The highest BCUT2D eigenvalue weighted by atomic mass is 16.5. The van der Waals surface area contributed by atoms with Crippen molar-refractivity contribution in [2.75, 3.05) is 7.11 Å². The Balaban J connectivity index is 2.00. The standard InChI is InChI=1S/C19H21NO5/c1-24-18(22)17(21)12-16(15-10-6-3-7-11-15)20-19(23)25-13-14-8-4-2-5-9-14/h2-11,16-17,21H,12-13H2,1H3,(H,20,23)/t16?,17-/m1/s1. The zero-order chi connectivity index (χ0) is 18.1. The van der Waals surface area contributed by atoms with Crippen LogP contribution in [0.3, 0.4) is 0 Å². The SMILES string of the molecule is COC(=O)[C@H](O)CC(NC(=O)OCc1ccccc1)c1ccccc1. The van der Waals surface area contributed by atoms with E-state index in [-0.39, 0.29) is 13.0 Å². The molecule has 25 heavy (non-hydrogen) atoms. The molecule has 0 aromatic heterocycles. The molecule has 2 aromatic carbocycles. The van der Waals surface area contributed by atoms with Gasteiger partial charge in [-0.1, -0.05) is 60.7 Å². The van der Waals surface area contributed by atoms with Gasteiger partial charge in [0.25, 0.3) is 0 Å². The molecule has 2 aromatic rings. The fourth-order valence-corrected chi connectivity index (χ4v) is 2.33. The molecule has 0 aliphatic carbocycles. The topological polar surface area (TPSA) is 84.9 Å². The number of aliphatic hydroxyl groups excluding tert-OH is 1. The van der Waals surface area contributed by atoms with Gasteiger partial charge in [-0.15, -0.1) is 0 Å². The largest absolute Gasteiger partial charge is 0.467 e. The molecule has 1 unspecified atom stereocenters. The van der Waals surface area contributed by atoms with Crippen LogP contribution in [-0.4, -0.2) is 30.4 Å². The molecule has 0 bridgehead atoms. The summed E-state index contributed by atoms with van der Waals surface area (Å²) < 4.78 is 9.73. The number of carbonyl (C=O) groups is 2. The first-order valence-electron chi connectivity index (χ1n) is 7.88. The average Bonchev–Trinajstić information content (AvgIpc) is 2.66. The van der Waals surface area contributed by atoms with Crippen LogP contribution in [0.1, 0.15) is 23.6 Å². The lowest BCUT2D eigenvalue weighted by molar-refractivity contribution is -0.151. The van der Waals surface area contributed by atoms with Gasteiger partial charge in [0.15, 0.2) is 6.10 Å². The Morgan fingerprint density at radius 2 is 1.64 bits per heavy atom. The van der Waals surface area contributed by atoms with E-state index in [1.807, 2.05) is 48.5 Å². The van der Waals surface area contributed by atoms with Crippen LogP contribution in [0.25, 0.3) is 0 Å². The summed E-state index contributed by atoms with van der Waals surface area (Å²) in [7, 11) is 1.20. The summed E-state index contributed by atoms with van der Waals surface area (Å²) >= 11 is 0. The van der Waals surface area contributed by atoms with Crippen LogP contribution in [0.2, 0.25) is 0 Å². The highest BCUT2D eigenvalue weighted by Gasteiger charge is 2.24. The Bertz CT molecular complexity index is 675. The minimum atomic E-state index is -1.34. The lowest BCUT2D eigenvalue weighted by Gasteiger charge is -2.21. The number of hydrogen-bond acceptors (Lipinski definition) is 5. The minimum absolute atomic E-state index is 0.0167. The summed E-state index contributed by atoms with van der Waals surface area (Å²) in [5, 5.41) is 12.6. The van der Waals surface area contributed by atoms with E-state index >= 15 is 0 Å². The van der Waals surface area contributed by atoms with E-state index < -0.39 is 24.2 Å². The number of ether oxygens (including phenoxy) is 2. The van der Waals surface area contributed by atoms with Crippen molar-refractivity contribution < 1.29 is 24.2 Å². The summed E-state index contributed by atoms with van der Waals surface area (Å²) in [6.07, 6.45) is -1.99. The van der Waals surface area contributed by atoms with E-state index in [0.717, 1.165) is 11.1 Å². The summed E-state index contributed by atoms with van der Waals surface area (Å²) in [5.74, 6) is -0.750. The number of esters is 1. The fraction of sp³-hybridized carbons (Fsp3) is 0.263. The average molecular weight is 343 g/mol. The van der Waals surface area contributed by atoms with Crippen molar-refractivity contribution in [3.8, 4) is 0 Å². The predicted molar refractivity (Wildman–Crippen MR) is 91.6 cm³/mol. The van der Waals surface area contributed by atoms with E-state index in [2.05, 4.69) is 10.1 Å². The lowest BCUT2D eigenvalue weighted by Crippen LogP contribution is -2.34. The number of hydrogen-bond donors (Lipinski definition) is 2. The van der Waals surface area contributed by atoms with Gasteiger partial charge in [-0.2, -0.15) is 0 Å². The van der Waals surface area contributed by atoms with Crippen molar-refractivity contribution in [1.82, 2.24) is 5.32 Å². The highest BCUT2D eigenvalue weighted by Crippen LogP contribution is 2.19. The Hall–Kier alpha value is -2.86. The molecule has 0 heterocycles. The number of amides is 1. The van der Waals surface area contributed by atoms with Crippen LogP contribution in [0, 0.1) is 0 Å². The van der Waals surface area contributed by atoms with E-state index in [9.17, 15) is 14.7 Å². The highest BCUT2D eigenvalue weighted by molar-refractivity contribution is 5.74. The van der Waals surface area contributed by atoms with Gasteiger partial charge in [0, 0.05) is 6.42 Å². The summed E-state index contributed by atoms with van der Waals surface area (Å²) in [5.41, 5.74) is 1.62. The number of alkyl carbamates (subject to hydrolysis) is 1. The third kappa shape index (κ3) is 5.93. The first-order chi connectivity index (χ1) is 12.1. The molecule has 6 nitrogen and oxygen atoms in total. The number of nitrogens with one attached hydrogen (secondary N) is 1. The lowest BCUT2D eigenvalue weighted by atomic mass is 10.0. The Morgan fingerprint density at radius 3 is 2.24 bits per heavy atom. The van der Waals surface area contributed by atoms with Gasteiger partial charge >= 0.3 is 12.1 Å². The van der Waals surface area contributed by atoms with Crippen LogP contribution >= 0.6 is 0 Å². The van der Waals surface area contributed by atoms with Gasteiger partial charge < -0.3 is 19.9 Å². The van der Waals surface area contributed by atoms with Gasteiger partial charge in [0.2, 0.25) is 0 Å². The zero-order valence-electron chi connectivity index (χ0n) is 13.9. The maximum Gasteiger partial charge on any atom is 0.407 e. The summed E-state index contributed by atoms with van der Waals surface area (Å²) in [4.78, 5) is 23.5. The Labute approximate surface area is 146 Å². The predicted octanol–water partition coefficient (Wildman–Crippen LogP) is 2.58. The summed E-state index contributed by atoms with van der Waals surface area (Å²) in [6, 6.07) is 17.8. The molecule has 0 fully saturated rings. The van der Waals surface area contributed by atoms with Crippen molar-refractivity contribution >= 4 is 12.1 Å². The monoisotopic (exact) mass is 343 g/mol. The molecule has 0 spiro atoms. The second-order valence-electron chi connectivity index (χ2n) is 5.44. The molecule has 6 heteroatoms. The van der Waals surface area contributed by atoms with Crippen molar-refractivity contribution in [3.63, 3.8) is 0 Å². The molecular weight excluding hydrogens is 322 g/mol. The van der Waals surface area contributed by atoms with Crippen molar-refractivity contribution in [2.24, 2.45) is 0 Å². The van der Waals surface area contributed by atoms with Crippen LogP contribution in [0.15, 0.2) is 60.7 Å². The molecule has 0 saturated carbocycles. The summed E-state index contributed by atoms with van der Waals surface area (Å²) in [6.45, 7) is 0.133. The molecular formula is C19H21NO5. The van der Waals surface area contributed by atoms with Gasteiger partial charge in [0.1, 0.15) is 6.61 Å². The number of benzene rings is 2. The minimum Gasteiger partial charge on any atom is -0.467 e. The normalized spacial score (nSPS) is 12.7. The second-order valence-corrected chi connectivity index (χ2v) is 5.44. The van der Waals surface area contributed by atoms with Gasteiger partial charge in [-0.05, 0) is 11.1 Å². The van der Waals surface area contributed by atoms with Crippen LogP contribution in [0.4, 0.5) is 4.79 Å². The maximum atomic E-state index is 12.1. The quantitative estimate of drug-likeness (QED) is 0.755. The number of aliphatic hydroxyl groups is 1.